The molecule has 0 radical (unpaired) electrons. The van der Waals surface area contributed by atoms with Crippen molar-refractivity contribution in [1.29, 1.82) is 0 Å². The van der Waals surface area contributed by atoms with Gasteiger partial charge in [-0.25, -0.2) is 13.2 Å². The third-order valence-electron chi connectivity index (χ3n) is 5.18. The van der Waals surface area contributed by atoms with Gasteiger partial charge in [0.2, 0.25) is 10.0 Å². The second-order valence-corrected chi connectivity index (χ2v) is 9.13. The SMILES string of the molecule is COC(=O)c1ccc(OC(=O)C2CCN(S(=O)(=O)c3ccc(C(C)=O)cc3)CC2)cc1. The molecule has 1 heterocycles. The van der Waals surface area contributed by atoms with E-state index in [0.717, 1.165) is 0 Å². The van der Waals surface area contributed by atoms with Gasteiger partial charge in [0.25, 0.3) is 0 Å². The molecule has 1 aliphatic heterocycles. The van der Waals surface area contributed by atoms with Crippen molar-refractivity contribution in [3.63, 3.8) is 0 Å². The van der Waals surface area contributed by atoms with Gasteiger partial charge in [0.1, 0.15) is 5.75 Å². The van der Waals surface area contributed by atoms with Crippen LogP contribution in [-0.2, 0) is 19.6 Å². The summed E-state index contributed by atoms with van der Waals surface area (Å²) in [5.74, 6) is -1.18. The lowest BCUT2D eigenvalue weighted by Crippen LogP contribution is -2.41. The summed E-state index contributed by atoms with van der Waals surface area (Å²) in [4.78, 5) is 35.4. The van der Waals surface area contributed by atoms with Crippen LogP contribution in [0.1, 0.15) is 40.5 Å². The fraction of sp³-hybridized carbons (Fsp3) is 0.318. The van der Waals surface area contributed by atoms with Gasteiger partial charge in [-0.2, -0.15) is 4.31 Å². The largest absolute Gasteiger partial charge is 0.465 e. The van der Waals surface area contributed by atoms with Crippen LogP contribution in [-0.4, -0.2) is 50.6 Å². The van der Waals surface area contributed by atoms with Crippen molar-refractivity contribution in [3.8, 4) is 5.75 Å². The Morgan fingerprint density at radius 3 is 1.97 bits per heavy atom. The summed E-state index contributed by atoms with van der Waals surface area (Å²) in [5, 5.41) is 0. The summed E-state index contributed by atoms with van der Waals surface area (Å²) in [6.45, 7) is 1.80. The van der Waals surface area contributed by atoms with Crippen molar-refractivity contribution in [3.05, 3.63) is 59.7 Å². The van der Waals surface area contributed by atoms with Crippen molar-refractivity contribution in [2.75, 3.05) is 20.2 Å². The van der Waals surface area contributed by atoms with Crippen molar-refractivity contribution in [2.45, 2.75) is 24.7 Å². The maximum atomic E-state index is 12.8. The predicted octanol–water partition coefficient (Wildman–Crippen LogP) is 2.68. The smallest absolute Gasteiger partial charge is 0.337 e. The summed E-state index contributed by atoms with van der Waals surface area (Å²) in [6.07, 6.45) is 0.674. The maximum Gasteiger partial charge on any atom is 0.337 e. The van der Waals surface area contributed by atoms with Crippen LogP contribution in [0.25, 0.3) is 0 Å². The molecule has 0 saturated carbocycles. The molecule has 0 spiro atoms. The fourth-order valence-electron chi connectivity index (χ4n) is 3.32. The van der Waals surface area contributed by atoms with Crippen LogP contribution >= 0.6 is 0 Å². The van der Waals surface area contributed by atoms with Gasteiger partial charge < -0.3 is 9.47 Å². The number of sulfonamides is 1. The standard InChI is InChI=1S/C22H23NO7S/c1-15(24)16-5-9-20(10-6-16)31(27,28)23-13-11-18(12-14-23)22(26)30-19-7-3-17(4-8-19)21(25)29-2/h3-10,18H,11-14H2,1-2H3. The molecule has 0 aromatic heterocycles. The number of hydrogen-bond donors (Lipinski definition) is 0. The molecule has 0 atom stereocenters. The first-order chi connectivity index (χ1) is 14.7. The van der Waals surface area contributed by atoms with Crippen LogP contribution in [0, 0.1) is 5.92 Å². The van der Waals surface area contributed by atoms with Gasteiger partial charge >= 0.3 is 11.9 Å². The lowest BCUT2D eigenvalue weighted by atomic mass is 9.98. The van der Waals surface area contributed by atoms with Gasteiger partial charge in [0.05, 0.1) is 23.5 Å². The van der Waals surface area contributed by atoms with Gasteiger partial charge in [-0.15, -0.1) is 0 Å². The average Bonchev–Trinajstić information content (AvgIpc) is 2.79. The number of rotatable bonds is 6. The third-order valence-corrected chi connectivity index (χ3v) is 7.09. The third kappa shape index (κ3) is 5.18. The highest BCUT2D eigenvalue weighted by Gasteiger charge is 2.33. The van der Waals surface area contributed by atoms with Crippen molar-refractivity contribution < 1.29 is 32.3 Å². The minimum Gasteiger partial charge on any atom is -0.465 e. The minimum absolute atomic E-state index is 0.115. The second kappa shape index (κ2) is 9.40. The highest BCUT2D eigenvalue weighted by Crippen LogP contribution is 2.26. The zero-order valence-corrected chi connectivity index (χ0v) is 18.1. The number of piperidine rings is 1. The number of hydrogen-bond acceptors (Lipinski definition) is 7. The van der Waals surface area contributed by atoms with E-state index in [0.29, 0.717) is 29.7 Å². The highest BCUT2D eigenvalue weighted by molar-refractivity contribution is 7.89. The Balaban J connectivity index is 1.58. The normalized spacial score (nSPS) is 15.3. The molecule has 8 nitrogen and oxygen atoms in total. The molecule has 0 aliphatic carbocycles. The molecule has 1 aliphatic rings. The van der Waals surface area contributed by atoms with Gasteiger partial charge in [0.15, 0.2) is 5.78 Å². The lowest BCUT2D eigenvalue weighted by Gasteiger charge is -2.30. The van der Waals surface area contributed by atoms with Crippen LogP contribution in [0.4, 0.5) is 0 Å². The van der Waals surface area contributed by atoms with E-state index in [1.807, 2.05) is 0 Å². The van der Waals surface area contributed by atoms with E-state index in [4.69, 9.17) is 4.74 Å². The van der Waals surface area contributed by atoms with Crippen LogP contribution in [0.15, 0.2) is 53.4 Å². The van der Waals surface area contributed by atoms with Crippen molar-refractivity contribution in [1.82, 2.24) is 4.31 Å². The van der Waals surface area contributed by atoms with Gasteiger partial charge in [0, 0.05) is 18.7 Å². The molecule has 1 saturated heterocycles. The number of Topliss-reactive ketones (excluding diaryl/α,β-unsaturated/α-hetero) is 1. The fourth-order valence-corrected chi connectivity index (χ4v) is 4.79. The predicted molar refractivity (Wildman–Crippen MR) is 111 cm³/mol. The molecule has 2 aromatic carbocycles. The number of carbonyl (C=O) groups is 3. The highest BCUT2D eigenvalue weighted by atomic mass is 32.2. The Bertz CT molecular complexity index is 1070. The Kier molecular flexibility index (Phi) is 6.87. The average molecular weight is 445 g/mol. The number of ether oxygens (including phenoxy) is 2. The minimum atomic E-state index is -3.70. The second-order valence-electron chi connectivity index (χ2n) is 7.20. The number of ketones is 1. The summed E-state index contributed by atoms with van der Waals surface area (Å²) in [7, 11) is -2.42. The van der Waals surface area contributed by atoms with E-state index in [2.05, 4.69) is 4.74 Å². The van der Waals surface area contributed by atoms with E-state index < -0.39 is 27.9 Å². The first kappa shape index (κ1) is 22.6. The van der Waals surface area contributed by atoms with Crippen LogP contribution in [0.5, 0.6) is 5.75 Å². The first-order valence-corrected chi connectivity index (χ1v) is 11.2. The molecule has 0 bridgehead atoms. The number of nitrogens with zero attached hydrogens (tertiary/aromatic N) is 1. The van der Waals surface area contributed by atoms with Crippen LogP contribution in [0.2, 0.25) is 0 Å². The number of esters is 2. The molecule has 2 aromatic rings. The van der Waals surface area contributed by atoms with Crippen LogP contribution < -0.4 is 4.74 Å². The Labute approximate surface area is 180 Å². The number of benzene rings is 2. The molecule has 3 rings (SSSR count). The Hall–Kier alpha value is -3.04. The lowest BCUT2D eigenvalue weighted by molar-refractivity contribution is -0.140. The summed E-state index contributed by atoms with van der Waals surface area (Å²) in [5.41, 5.74) is 0.789. The van der Waals surface area contributed by atoms with Gasteiger partial charge in [-0.1, -0.05) is 12.1 Å². The Morgan fingerprint density at radius 1 is 0.903 bits per heavy atom. The van der Waals surface area contributed by atoms with E-state index in [1.54, 1.807) is 0 Å². The molecular formula is C22H23NO7S. The molecule has 0 unspecified atom stereocenters. The molecule has 0 amide bonds. The van der Waals surface area contributed by atoms with Crippen LogP contribution in [0.3, 0.4) is 0 Å². The topological polar surface area (TPSA) is 107 Å². The first-order valence-electron chi connectivity index (χ1n) is 9.73. The summed E-state index contributed by atoms with van der Waals surface area (Å²) < 4.78 is 37.0. The number of methoxy groups -OCH3 is 1. The molecule has 31 heavy (non-hydrogen) atoms. The van der Waals surface area contributed by atoms with E-state index in [-0.39, 0.29) is 23.8 Å². The molecular weight excluding hydrogens is 422 g/mol. The maximum absolute atomic E-state index is 12.8. The van der Waals surface area contributed by atoms with Gasteiger partial charge in [-0.3, -0.25) is 9.59 Å². The van der Waals surface area contributed by atoms with E-state index in [9.17, 15) is 22.8 Å². The monoisotopic (exact) mass is 445 g/mol. The van der Waals surface area contributed by atoms with E-state index in [1.165, 1.54) is 66.9 Å². The van der Waals surface area contributed by atoms with Crippen molar-refractivity contribution in [2.24, 2.45) is 5.92 Å². The zero-order valence-electron chi connectivity index (χ0n) is 17.2. The molecule has 164 valence electrons. The number of carbonyl (C=O) groups excluding carboxylic acids is 3. The Morgan fingerprint density at radius 2 is 1.45 bits per heavy atom. The summed E-state index contributed by atoms with van der Waals surface area (Å²) >= 11 is 0. The summed E-state index contributed by atoms with van der Waals surface area (Å²) in [6, 6.07) is 11.8. The van der Waals surface area contributed by atoms with Crippen molar-refractivity contribution >= 4 is 27.7 Å². The quantitative estimate of drug-likeness (QED) is 0.382. The zero-order chi connectivity index (χ0) is 22.6. The molecule has 9 heteroatoms. The van der Waals surface area contributed by atoms with E-state index >= 15 is 0 Å². The molecule has 1 fully saturated rings. The van der Waals surface area contributed by atoms with Gasteiger partial charge in [-0.05, 0) is 56.2 Å². The molecule has 0 N–H and O–H groups in total.